The smallest absolute Gasteiger partial charge is 0.284 e. The lowest BCUT2D eigenvalue weighted by Crippen LogP contribution is -2.13. The van der Waals surface area contributed by atoms with E-state index in [1.54, 1.807) is 0 Å². The minimum Gasteiger partial charge on any atom is -0.322 e. The third kappa shape index (κ3) is 4.16. The van der Waals surface area contributed by atoms with Crippen molar-refractivity contribution in [2.24, 2.45) is 0 Å². The largest absolute Gasteiger partial charge is 0.322 e. The van der Waals surface area contributed by atoms with E-state index in [1.165, 1.54) is 18.2 Å². The fraction of sp³-hybridized carbons (Fsp3) is 0.235. The molecule has 0 unspecified atom stereocenters. The maximum absolute atomic E-state index is 12.2. The van der Waals surface area contributed by atoms with Gasteiger partial charge in [0.25, 0.3) is 11.6 Å². The third-order valence-corrected chi connectivity index (χ3v) is 4.08. The zero-order chi connectivity index (χ0) is 17.2. The van der Waals surface area contributed by atoms with Gasteiger partial charge in [0.1, 0.15) is 0 Å². The topological polar surface area (TPSA) is 72.2 Å². The summed E-state index contributed by atoms with van der Waals surface area (Å²) in [7, 11) is 0. The maximum Gasteiger partial charge on any atom is 0.284 e. The molecule has 6 heteroatoms. The number of rotatable bonds is 3. The number of hydrogen-bond acceptors (Lipinski definition) is 3. The molecule has 0 atom stereocenters. The molecular weight excluding hydrogens is 360 g/mol. The highest BCUT2D eigenvalue weighted by atomic mass is 79.9. The van der Waals surface area contributed by atoms with Crippen molar-refractivity contribution < 1.29 is 9.72 Å². The molecule has 1 amide bonds. The van der Waals surface area contributed by atoms with Crippen molar-refractivity contribution in [3.63, 3.8) is 0 Å². The Morgan fingerprint density at radius 3 is 2.26 bits per heavy atom. The minimum absolute atomic E-state index is 0.0366. The summed E-state index contributed by atoms with van der Waals surface area (Å²) >= 11 is 3.10. The van der Waals surface area contributed by atoms with Crippen LogP contribution in [0.4, 0.5) is 11.4 Å². The minimum atomic E-state index is -0.529. The van der Waals surface area contributed by atoms with E-state index in [0.29, 0.717) is 10.2 Å². The second-order valence-electron chi connectivity index (χ2n) is 6.20. The Bertz CT molecular complexity index is 749. The number of halogens is 1. The van der Waals surface area contributed by atoms with Gasteiger partial charge in [-0.05, 0) is 51.2 Å². The molecule has 120 valence electrons. The van der Waals surface area contributed by atoms with Crippen LogP contribution in [0.5, 0.6) is 0 Å². The van der Waals surface area contributed by atoms with Crippen LogP contribution in [0.15, 0.2) is 46.9 Å². The molecule has 1 N–H and O–H groups in total. The predicted molar refractivity (Wildman–Crippen MR) is 93.9 cm³/mol. The number of nitro benzene ring substituents is 1. The third-order valence-electron chi connectivity index (χ3n) is 3.41. The standard InChI is InChI=1S/C17H17BrN2O3/c1-17(2,3)12-5-7-13(8-6-12)19-16(21)11-4-9-14(18)15(10-11)20(22)23/h4-10H,1-3H3,(H,19,21). The van der Waals surface area contributed by atoms with Crippen molar-refractivity contribution in [3.05, 3.63) is 68.2 Å². The number of hydrogen-bond donors (Lipinski definition) is 1. The molecule has 0 saturated heterocycles. The number of benzene rings is 2. The lowest BCUT2D eigenvalue weighted by Gasteiger charge is -2.19. The fourth-order valence-electron chi connectivity index (χ4n) is 2.05. The van der Waals surface area contributed by atoms with E-state index in [4.69, 9.17) is 0 Å². The SMILES string of the molecule is CC(C)(C)c1ccc(NC(=O)c2ccc(Br)c([N+](=O)[O-])c2)cc1. The molecule has 2 aromatic rings. The van der Waals surface area contributed by atoms with E-state index in [0.717, 1.165) is 5.56 Å². The first-order valence-corrected chi connectivity index (χ1v) is 7.83. The molecule has 2 rings (SSSR count). The van der Waals surface area contributed by atoms with Gasteiger partial charge in [-0.2, -0.15) is 0 Å². The van der Waals surface area contributed by atoms with Crippen LogP contribution in [0.1, 0.15) is 36.7 Å². The van der Waals surface area contributed by atoms with Gasteiger partial charge < -0.3 is 5.32 Å². The number of carbonyl (C=O) groups is 1. The summed E-state index contributed by atoms with van der Waals surface area (Å²) in [6.45, 7) is 6.34. The fourth-order valence-corrected chi connectivity index (χ4v) is 2.44. The molecule has 2 aromatic carbocycles. The van der Waals surface area contributed by atoms with E-state index >= 15 is 0 Å². The average Bonchev–Trinajstić information content (AvgIpc) is 2.47. The molecule has 0 aromatic heterocycles. The van der Waals surface area contributed by atoms with Gasteiger partial charge in [-0.25, -0.2) is 0 Å². The highest BCUT2D eigenvalue weighted by Crippen LogP contribution is 2.27. The van der Waals surface area contributed by atoms with E-state index in [9.17, 15) is 14.9 Å². The first kappa shape index (κ1) is 17.1. The van der Waals surface area contributed by atoms with E-state index < -0.39 is 4.92 Å². The Morgan fingerprint density at radius 1 is 1.13 bits per heavy atom. The van der Waals surface area contributed by atoms with Crippen LogP contribution >= 0.6 is 15.9 Å². The van der Waals surface area contributed by atoms with Crippen molar-refractivity contribution >= 4 is 33.2 Å². The number of nitrogens with zero attached hydrogens (tertiary/aromatic N) is 1. The highest BCUT2D eigenvalue weighted by Gasteiger charge is 2.17. The first-order valence-electron chi connectivity index (χ1n) is 7.04. The normalized spacial score (nSPS) is 11.1. The summed E-state index contributed by atoms with van der Waals surface area (Å²) in [5.41, 5.74) is 1.94. The molecule has 0 aliphatic carbocycles. The van der Waals surface area contributed by atoms with Crippen molar-refractivity contribution in [1.29, 1.82) is 0 Å². The molecule has 0 spiro atoms. The first-order chi connectivity index (χ1) is 10.7. The van der Waals surface area contributed by atoms with E-state index in [2.05, 4.69) is 42.0 Å². The number of carbonyl (C=O) groups excluding carboxylic acids is 1. The van der Waals surface area contributed by atoms with Crippen LogP contribution < -0.4 is 5.32 Å². The average molecular weight is 377 g/mol. The summed E-state index contributed by atoms with van der Waals surface area (Å²) in [6, 6.07) is 11.9. The Labute approximate surface area is 143 Å². The Balaban J connectivity index is 2.19. The van der Waals surface area contributed by atoms with Crippen molar-refractivity contribution in [3.8, 4) is 0 Å². The van der Waals surface area contributed by atoms with Gasteiger partial charge in [0.15, 0.2) is 0 Å². The van der Waals surface area contributed by atoms with Crippen LogP contribution in [-0.4, -0.2) is 10.8 Å². The Morgan fingerprint density at radius 2 is 1.74 bits per heavy atom. The Hall–Kier alpha value is -2.21. The molecule has 0 aliphatic rings. The van der Waals surface area contributed by atoms with Crippen LogP contribution in [-0.2, 0) is 5.41 Å². The zero-order valence-electron chi connectivity index (χ0n) is 13.1. The summed E-state index contributed by atoms with van der Waals surface area (Å²) in [5.74, 6) is -0.385. The van der Waals surface area contributed by atoms with Crippen LogP contribution in [0.3, 0.4) is 0 Å². The van der Waals surface area contributed by atoms with Crippen molar-refractivity contribution in [1.82, 2.24) is 0 Å². The van der Waals surface area contributed by atoms with Crippen molar-refractivity contribution in [2.75, 3.05) is 5.32 Å². The highest BCUT2D eigenvalue weighted by molar-refractivity contribution is 9.10. The summed E-state index contributed by atoms with van der Waals surface area (Å²) in [4.78, 5) is 22.6. The van der Waals surface area contributed by atoms with Gasteiger partial charge in [-0.1, -0.05) is 32.9 Å². The Kier molecular flexibility index (Phi) is 4.85. The van der Waals surface area contributed by atoms with Gasteiger partial charge >= 0.3 is 0 Å². The summed E-state index contributed by atoms with van der Waals surface area (Å²) in [6.07, 6.45) is 0. The molecule has 23 heavy (non-hydrogen) atoms. The second kappa shape index (κ2) is 6.50. The van der Waals surface area contributed by atoms with E-state index in [1.807, 2.05) is 24.3 Å². The van der Waals surface area contributed by atoms with Crippen LogP contribution in [0, 0.1) is 10.1 Å². The lowest BCUT2D eigenvalue weighted by molar-refractivity contribution is -0.385. The molecule has 5 nitrogen and oxygen atoms in total. The van der Waals surface area contributed by atoms with Gasteiger partial charge in [-0.3, -0.25) is 14.9 Å². The number of nitro groups is 1. The lowest BCUT2D eigenvalue weighted by atomic mass is 9.87. The van der Waals surface area contributed by atoms with Gasteiger partial charge in [0, 0.05) is 17.3 Å². The summed E-state index contributed by atoms with van der Waals surface area (Å²) in [5, 5.41) is 13.7. The molecule has 0 aliphatic heterocycles. The second-order valence-corrected chi connectivity index (χ2v) is 7.06. The van der Waals surface area contributed by atoms with E-state index in [-0.39, 0.29) is 22.6 Å². The number of nitrogens with one attached hydrogen (secondary N) is 1. The van der Waals surface area contributed by atoms with Gasteiger partial charge in [-0.15, -0.1) is 0 Å². The summed E-state index contributed by atoms with van der Waals surface area (Å²) < 4.78 is 0.341. The molecule has 0 saturated carbocycles. The number of anilines is 1. The number of amides is 1. The van der Waals surface area contributed by atoms with Crippen LogP contribution in [0.2, 0.25) is 0 Å². The molecular formula is C17H17BrN2O3. The molecule has 0 bridgehead atoms. The van der Waals surface area contributed by atoms with Crippen molar-refractivity contribution in [2.45, 2.75) is 26.2 Å². The van der Waals surface area contributed by atoms with Gasteiger partial charge in [0.05, 0.1) is 9.40 Å². The zero-order valence-corrected chi connectivity index (χ0v) is 14.7. The molecule has 0 radical (unpaired) electrons. The van der Waals surface area contributed by atoms with Crippen LogP contribution in [0.25, 0.3) is 0 Å². The van der Waals surface area contributed by atoms with Gasteiger partial charge in [0.2, 0.25) is 0 Å². The monoisotopic (exact) mass is 376 g/mol. The molecule has 0 heterocycles. The predicted octanol–water partition coefficient (Wildman–Crippen LogP) is 4.91. The molecule has 0 fully saturated rings. The quantitative estimate of drug-likeness (QED) is 0.610. The maximum atomic E-state index is 12.2.